The fraction of sp³-hybridized carbons (Fsp3) is 0.318. The van der Waals surface area contributed by atoms with E-state index in [4.69, 9.17) is 10.5 Å². The summed E-state index contributed by atoms with van der Waals surface area (Å²) in [7, 11) is 0. The van der Waals surface area contributed by atoms with E-state index in [2.05, 4.69) is 14.9 Å². The maximum absolute atomic E-state index is 13.8. The molecule has 2 N–H and O–H groups in total. The minimum Gasteiger partial charge on any atom is -0.453 e. The molecular weight excluding hydrogens is 422 g/mol. The van der Waals surface area contributed by atoms with Gasteiger partial charge in [-0.05, 0) is 48.9 Å². The van der Waals surface area contributed by atoms with Crippen LogP contribution < -0.4 is 15.4 Å². The van der Waals surface area contributed by atoms with Gasteiger partial charge in [-0.25, -0.2) is 13.8 Å². The fourth-order valence-corrected chi connectivity index (χ4v) is 5.48. The molecule has 5 rings (SSSR count). The number of anilines is 1. The lowest BCUT2D eigenvalue weighted by molar-refractivity contribution is -0.121. The summed E-state index contributed by atoms with van der Waals surface area (Å²) >= 11 is 1.61. The Hall–Kier alpha value is -3.07. The summed E-state index contributed by atoms with van der Waals surface area (Å²) in [5, 5.41) is 2.95. The first-order valence-electron chi connectivity index (χ1n) is 9.97. The molecule has 1 saturated heterocycles. The number of amides is 1. The van der Waals surface area contributed by atoms with Crippen molar-refractivity contribution in [3.63, 3.8) is 0 Å². The second-order valence-electron chi connectivity index (χ2n) is 8.08. The average Bonchev–Trinajstić information content (AvgIpc) is 3.11. The molecule has 3 heterocycles. The molecule has 3 aromatic rings. The summed E-state index contributed by atoms with van der Waals surface area (Å²) in [5.41, 5.74) is 5.47. The third kappa shape index (κ3) is 3.23. The number of nitrogens with two attached hydrogens (primary N) is 1. The van der Waals surface area contributed by atoms with Gasteiger partial charge in [0.25, 0.3) is 0 Å². The van der Waals surface area contributed by atoms with Crippen LogP contribution in [0.2, 0.25) is 0 Å². The molecule has 160 valence electrons. The van der Waals surface area contributed by atoms with Crippen LogP contribution in [0.15, 0.2) is 48.1 Å². The number of nitrogens with zero attached hydrogens (tertiary/aromatic N) is 3. The number of carbonyl (C=O) groups is 1. The van der Waals surface area contributed by atoms with E-state index >= 15 is 0 Å². The molecule has 0 radical (unpaired) electrons. The predicted octanol–water partition coefficient (Wildman–Crippen LogP) is 4.02. The molecular formula is C22H20F2N4O2S. The van der Waals surface area contributed by atoms with E-state index in [0.29, 0.717) is 17.9 Å². The van der Waals surface area contributed by atoms with E-state index in [0.717, 1.165) is 43.2 Å². The molecule has 31 heavy (non-hydrogen) atoms. The number of primary amides is 1. The number of hydrogen-bond donors (Lipinski definition) is 1. The van der Waals surface area contributed by atoms with Crippen LogP contribution in [0.25, 0.3) is 0 Å². The molecule has 2 aromatic heterocycles. The van der Waals surface area contributed by atoms with Crippen molar-refractivity contribution in [3.8, 4) is 11.5 Å². The second-order valence-corrected chi connectivity index (χ2v) is 8.96. The summed E-state index contributed by atoms with van der Waals surface area (Å²) in [5.74, 6) is -1.66. The fourth-order valence-electron chi connectivity index (χ4n) is 4.78. The molecule has 1 aliphatic heterocycles. The molecule has 2 fully saturated rings. The topological polar surface area (TPSA) is 81.3 Å². The number of aromatic nitrogens is 2. The number of ether oxygens (including phenoxy) is 1. The maximum Gasteiger partial charge on any atom is 0.230 e. The van der Waals surface area contributed by atoms with Gasteiger partial charge in [-0.1, -0.05) is 0 Å². The summed E-state index contributed by atoms with van der Waals surface area (Å²) in [6.07, 6.45) is 5.56. The SMILES string of the molecule is NC(=O)C1(c2ccc(Oc3ccc(F)cc3F)cn2)CC12CCN(c1nccs1)CC2. The van der Waals surface area contributed by atoms with E-state index in [1.165, 1.54) is 12.3 Å². The van der Waals surface area contributed by atoms with Crippen LogP contribution in [-0.4, -0.2) is 29.0 Å². The Kier molecular flexibility index (Phi) is 4.65. The van der Waals surface area contributed by atoms with E-state index in [9.17, 15) is 13.6 Å². The number of piperidine rings is 1. The highest BCUT2D eigenvalue weighted by molar-refractivity contribution is 7.13. The van der Waals surface area contributed by atoms with Gasteiger partial charge in [0.05, 0.1) is 17.3 Å². The number of benzene rings is 1. The molecule has 1 amide bonds. The van der Waals surface area contributed by atoms with Crippen molar-refractivity contribution in [2.24, 2.45) is 11.1 Å². The summed E-state index contributed by atoms with van der Waals surface area (Å²) in [6.45, 7) is 1.63. The van der Waals surface area contributed by atoms with Crippen molar-refractivity contribution < 1.29 is 18.3 Å². The molecule has 1 unspecified atom stereocenters. The van der Waals surface area contributed by atoms with Crippen molar-refractivity contribution in [2.45, 2.75) is 24.7 Å². The van der Waals surface area contributed by atoms with Crippen LogP contribution in [0.3, 0.4) is 0 Å². The van der Waals surface area contributed by atoms with Crippen LogP contribution in [0.1, 0.15) is 25.0 Å². The zero-order valence-corrected chi connectivity index (χ0v) is 17.4. The van der Waals surface area contributed by atoms with Crippen LogP contribution in [0, 0.1) is 17.0 Å². The molecule has 9 heteroatoms. The smallest absolute Gasteiger partial charge is 0.230 e. The number of pyridine rings is 1. The maximum atomic E-state index is 13.8. The van der Waals surface area contributed by atoms with Gasteiger partial charge in [0.2, 0.25) is 5.91 Å². The van der Waals surface area contributed by atoms with Crippen LogP contribution >= 0.6 is 11.3 Å². The number of carbonyl (C=O) groups excluding carboxylic acids is 1. The number of thiazole rings is 1. The van der Waals surface area contributed by atoms with Crippen LogP contribution in [0.5, 0.6) is 11.5 Å². The van der Waals surface area contributed by atoms with Gasteiger partial charge in [0.1, 0.15) is 11.6 Å². The predicted molar refractivity (Wildman–Crippen MR) is 112 cm³/mol. The highest BCUT2D eigenvalue weighted by Gasteiger charge is 2.72. The summed E-state index contributed by atoms with van der Waals surface area (Å²) < 4.78 is 32.4. The second kappa shape index (κ2) is 7.26. The largest absolute Gasteiger partial charge is 0.453 e. The Bertz CT molecular complexity index is 1120. The Morgan fingerprint density at radius 2 is 1.97 bits per heavy atom. The summed E-state index contributed by atoms with van der Waals surface area (Å²) in [6, 6.07) is 6.44. The monoisotopic (exact) mass is 442 g/mol. The average molecular weight is 442 g/mol. The van der Waals surface area contributed by atoms with Gasteiger partial charge in [-0.15, -0.1) is 11.3 Å². The third-order valence-electron chi connectivity index (χ3n) is 6.51. The molecule has 0 bridgehead atoms. The van der Waals surface area contributed by atoms with Gasteiger partial charge in [0, 0.05) is 30.7 Å². The molecule has 1 spiro atoms. The Morgan fingerprint density at radius 3 is 2.58 bits per heavy atom. The lowest BCUT2D eigenvalue weighted by Gasteiger charge is -2.34. The van der Waals surface area contributed by atoms with Crippen LogP contribution in [-0.2, 0) is 10.2 Å². The van der Waals surface area contributed by atoms with Crippen molar-refractivity contribution >= 4 is 22.4 Å². The Morgan fingerprint density at radius 1 is 1.16 bits per heavy atom. The number of rotatable bonds is 5. The van der Waals surface area contributed by atoms with E-state index < -0.39 is 17.0 Å². The van der Waals surface area contributed by atoms with Gasteiger partial charge in [-0.3, -0.25) is 9.78 Å². The first kappa shape index (κ1) is 19.9. The number of halogens is 2. The Balaban J connectivity index is 1.34. The first-order valence-corrected chi connectivity index (χ1v) is 10.9. The zero-order valence-electron chi connectivity index (χ0n) is 16.6. The number of hydrogen-bond acceptors (Lipinski definition) is 6. The minimum atomic E-state index is -0.804. The van der Waals surface area contributed by atoms with Gasteiger partial charge < -0.3 is 15.4 Å². The van der Waals surface area contributed by atoms with Crippen molar-refractivity contribution in [2.75, 3.05) is 18.0 Å². The normalized spacial score (nSPS) is 21.8. The molecule has 2 aliphatic rings. The third-order valence-corrected chi connectivity index (χ3v) is 7.34. The van der Waals surface area contributed by atoms with Gasteiger partial charge >= 0.3 is 0 Å². The van der Waals surface area contributed by atoms with E-state index in [-0.39, 0.29) is 17.1 Å². The van der Waals surface area contributed by atoms with Gasteiger partial charge in [0.15, 0.2) is 16.7 Å². The molecule has 1 saturated carbocycles. The highest BCUT2D eigenvalue weighted by Crippen LogP contribution is 2.69. The van der Waals surface area contributed by atoms with Crippen molar-refractivity contribution in [1.82, 2.24) is 9.97 Å². The standard InChI is InChI=1S/C22H20F2N4O2S/c23-14-1-3-17(16(24)11-14)30-15-2-4-18(27-12-15)22(19(25)29)13-21(22)5-8-28(9-6-21)20-26-7-10-31-20/h1-4,7,10-12H,5-6,8-9,13H2,(H2,25,29). The lowest BCUT2D eigenvalue weighted by atomic mass is 9.81. The Labute approximate surface area is 181 Å². The zero-order chi connectivity index (χ0) is 21.6. The lowest BCUT2D eigenvalue weighted by Crippen LogP contribution is -2.42. The molecule has 1 aromatic carbocycles. The minimum absolute atomic E-state index is 0.0991. The van der Waals surface area contributed by atoms with Crippen LogP contribution in [0.4, 0.5) is 13.9 Å². The van der Waals surface area contributed by atoms with Gasteiger partial charge in [-0.2, -0.15) is 0 Å². The molecule has 1 aliphatic carbocycles. The molecule has 6 nitrogen and oxygen atoms in total. The highest BCUT2D eigenvalue weighted by atomic mass is 32.1. The molecule has 1 atom stereocenters. The first-order chi connectivity index (χ1) is 14.9. The van der Waals surface area contributed by atoms with Crippen molar-refractivity contribution in [3.05, 3.63) is 65.4 Å². The summed E-state index contributed by atoms with van der Waals surface area (Å²) in [4.78, 5) is 23.6. The van der Waals surface area contributed by atoms with E-state index in [1.807, 2.05) is 5.38 Å². The van der Waals surface area contributed by atoms with E-state index in [1.54, 1.807) is 29.7 Å². The van der Waals surface area contributed by atoms with Crippen molar-refractivity contribution in [1.29, 1.82) is 0 Å². The quantitative estimate of drug-likeness (QED) is 0.646.